The molecule has 0 radical (unpaired) electrons. The number of benzene rings is 2. The molecule has 1 heterocycles. The highest BCUT2D eigenvalue weighted by Crippen LogP contribution is 2.34. The molecule has 0 saturated carbocycles. The molecule has 2 amide bonds. The van der Waals surface area contributed by atoms with Gasteiger partial charge in [0.1, 0.15) is 10.6 Å². The Bertz CT molecular complexity index is 1100. The average Bonchev–Trinajstić information content (AvgIpc) is 3.32. The molecule has 0 bridgehead atoms. The van der Waals surface area contributed by atoms with E-state index in [0.717, 1.165) is 21.8 Å². The molecule has 7 heteroatoms. The highest BCUT2D eigenvalue weighted by molar-refractivity contribution is 7.13. The maximum absolute atomic E-state index is 11.6. The van der Waals surface area contributed by atoms with E-state index in [0.29, 0.717) is 5.06 Å². The summed E-state index contributed by atoms with van der Waals surface area (Å²) in [5, 5.41) is 13.6. The molecular weight excluding hydrogens is 422 g/mol. The number of thiazole rings is 1. The first-order valence-electron chi connectivity index (χ1n) is 10.3. The standard InChI is InChI=1S/C25H25N3O3S/c1-18(28(30)24(26)29)25(14-12-20(13-15-25)19-8-4-2-5-9-19)31-16-22-17-32-23(27-22)21-10-6-3-7-11-21/h2-15,17-18,20,30H,16H2,1H3,(H2,26,29). The molecule has 1 unspecified atom stereocenters. The number of rotatable bonds is 7. The predicted molar refractivity (Wildman–Crippen MR) is 125 cm³/mol. The molecule has 0 fully saturated rings. The van der Waals surface area contributed by atoms with Gasteiger partial charge in [-0.15, -0.1) is 11.3 Å². The van der Waals surface area contributed by atoms with E-state index in [-0.39, 0.29) is 12.5 Å². The molecule has 6 nitrogen and oxygen atoms in total. The average molecular weight is 448 g/mol. The first-order chi connectivity index (χ1) is 15.5. The van der Waals surface area contributed by atoms with Gasteiger partial charge in [0.15, 0.2) is 0 Å². The molecular formula is C25H25N3O3S. The Morgan fingerprint density at radius 3 is 2.41 bits per heavy atom. The third-order valence-electron chi connectivity index (χ3n) is 5.60. The Balaban J connectivity index is 1.55. The number of hydrogen-bond donors (Lipinski definition) is 2. The summed E-state index contributed by atoms with van der Waals surface area (Å²) in [5.74, 6) is 0.0739. The fourth-order valence-electron chi connectivity index (χ4n) is 3.69. The van der Waals surface area contributed by atoms with Crippen LogP contribution in [0.1, 0.15) is 24.1 Å². The van der Waals surface area contributed by atoms with Gasteiger partial charge in [-0.2, -0.15) is 5.06 Å². The van der Waals surface area contributed by atoms with Crippen molar-refractivity contribution < 1.29 is 14.7 Å². The Morgan fingerprint density at radius 1 is 1.16 bits per heavy atom. The zero-order valence-electron chi connectivity index (χ0n) is 17.7. The molecule has 164 valence electrons. The number of nitrogens with zero attached hydrogens (tertiary/aromatic N) is 2. The normalized spacial score (nSPS) is 20.8. The van der Waals surface area contributed by atoms with E-state index in [1.807, 2.05) is 78.2 Å². The van der Waals surface area contributed by atoms with Crippen LogP contribution in [0, 0.1) is 0 Å². The van der Waals surface area contributed by atoms with Crippen molar-refractivity contribution in [2.75, 3.05) is 0 Å². The van der Waals surface area contributed by atoms with Gasteiger partial charge in [0, 0.05) is 16.9 Å². The number of ether oxygens (including phenoxy) is 1. The zero-order chi connectivity index (χ0) is 22.6. The Kier molecular flexibility index (Phi) is 6.50. The Morgan fingerprint density at radius 2 is 1.78 bits per heavy atom. The van der Waals surface area contributed by atoms with Crippen molar-refractivity contribution in [2.45, 2.75) is 31.1 Å². The number of hydroxylamine groups is 2. The summed E-state index contributed by atoms with van der Waals surface area (Å²) in [5.41, 5.74) is 7.23. The molecule has 4 rings (SSSR count). The fraction of sp³-hybridized carbons (Fsp3) is 0.200. The maximum Gasteiger partial charge on any atom is 0.338 e. The third kappa shape index (κ3) is 4.65. The van der Waals surface area contributed by atoms with Gasteiger partial charge in [-0.1, -0.05) is 72.8 Å². The second kappa shape index (κ2) is 9.48. The van der Waals surface area contributed by atoms with E-state index in [2.05, 4.69) is 17.1 Å². The Hall–Kier alpha value is -3.26. The smallest absolute Gasteiger partial charge is 0.338 e. The monoisotopic (exact) mass is 447 g/mol. The van der Waals surface area contributed by atoms with Gasteiger partial charge in [0.2, 0.25) is 0 Å². The minimum atomic E-state index is -1.05. The summed E-state index contributed by atoms with van der Waals surface area (Å²) >= 11 is 1.54. The van der Waals surface area contributed by atoms with Crippen LogP contribution in [-0.4, -0.2) is 32.9 Å². The van der Waals surface area contributed by atoms with E-state index in [1.54, 1.807) is 18.3 Å². The fourth-order valence-corrected chi connectivity index (χ4v) is 4.50. The lowest BCUT2D eigenvalue weighted by Gasteiger charge is -2.39. The molecule has 1 aliphatic carbocycles. The van der Waals surface area contributed by atoms with Crippen molar-refractivity contribution in [2.24, 2.45) is 5.73 Å². The lowest BCUT2D eigenvalue weighted by Crippen LogP contribution is -2.53. The van der Waals surface area contributed by atoms with E-state index >= 15 is 0 Å². The Labute approximate surface area is 191 Å². The van der Waals surface area contributed by atoms with Gasteiger partial charge in [0.25, 0.3) is 0 Å². The van der Waals surface area contributed by atoms with Gasteiger partial charge in [-0.3, -0.25) is 5.21 Å². The van der Waals surface area contributed by atoms with Crippen LogP contribution in [0.25, 0.3) is 10.6 Å². The van der Waals surface area contributed by atoms with Crippen molar-refractivity contribution in [1.82, 2.24) is 10.0 Å². The molecule has 0 spiro atoms. The van der Waals surface area contributed by atoms with Gasteiger partial charge in [0.05, 0.1) is 18.3 Å². The first kappa shape index (κ1) is 22.0. The molecule has 1 atom stereocenters. The molecule has 1 aliphatic rings. The van der Waals surface area contributed by atoms with Gasteiger partial charge >= 0.3 is 6.03 Å². The predicted octanol–water partition coefficient (Wildman–Crippen LogP) is 5.13. The largest absolute Gasteiger partial charge is 0.358 e. The SMILES string of the molecule is CC(N(O)C(N)=O)C1(OCc2csc(-c3ccccc3)n2)C=CC(c2ccccc2)C=C1. The van der Waals surface area contributed by atoms with Crippen LogP contribution in [0.15, 0.2) is 90.3 Å². The van der Waals surface area contributed by atoms with E-state index in [4.69, 9.17) is 10.5 Å². The van der Waals surface area contributed by atoms with Crippen molar-refractivity contribution in [3.63, 3.8) is 0 Å². The minimum Gasteiger partial charge on any atom is -0.358 e. The number of carbonyl (C=O) groups excluding carboxylic acids is 1. The summed E-state index contributed by atoms with van der Waals surface area (Å²) < 4.78 is 6.28. The van der Waals surface area contributed by atoms with E-state index in [1.165, 1.54) is 0 Å². The maximum atomic E-state index is 11.6. The number of allylic oxidation sites excluding steroid dienone is 2. The van der Waals surface area contributed by atoms with Crippen molar-refractivity contribution in [3.8, 4) is 10.6 Å². The van der Waals surface area contributed by atoms with Crippen molar-refractivity contribution >= 4 is 17.4 Å². The second-order valence-electron chi connectivity index (χ2n) is 7.67. The van der Waals surface area contributed by atoms with Crippen LogP contribution in [0.2, 0.25) is 0 Å². The number of nitrogens with two attached hydrogens (primary N) is 1. The summed E-state index contributed by atoms with van der Waals surface area (Å²) in [6.45, 7) is 1.91. The van der Waals surface area contributed by atoms with E-state index in [9.17, 15) is 10.0 Å². The number of urea groups is 1. The summed E-state index contributed by atoms with van der Waals surface area (Å²) in [7, 11) is 0. The van der Waals surface area contributed by atoms with Crippen LogP contribution in [0.4, 0.5) is 4.79 Å². The number of hydrogen-bond acceptors (Lipinski definition) is 5. The lowest BCUT2D eigenvalue weighted by atomic mass is 9.84. The van der Waals surface area contributed by atoms with Crippen molar-refractivity contribution in [3.05, 3.63) is 102 Å². The number of amides is 2. The third-order valence-corrected chi connectivity index (χ3v) is 6.54. The zero-order valence-corrected chi connectivity index (χ0v) is 18.5. The number of aromatic nitrogens is 1. The quantitative estimate of drug-likeness (QED) is 0.298. The summed E-state index contributed by atoms with van der Waals surface area (Å²) in [6, 6.07) is 18.3. The second-order valence-corrected chi connectivity index (χ2v) is 8.52. The van der Waals surface area contributed by atoms with Crippen LogP contribution in [-0.2, 0) is 11.3 Å². The molecule has 2 aromatic carbocycles. The molecule has 0 aliphatic heterocycles. The van der Waals surface area contributed by atoms with Crippen LogP contribution >= 0.6 is 11.3 Å². The summed E-state index contributed by atoms with van der Waals surface area (Å²) in [6.07, 6.45) is 7.78. The van der Waals surface area contributed by atoms with Crippen LogP contribution in [0.3, 0.4) is 0 Å². The highest BCUT2D eigenvalue weighted by Gasteiger charge is 2.39. The van der Waals surface area contributed by atoms with E-state index < -0.39 is 17.7 Å². The molecule has 1 aromatic heterocycles. The number of carbonyl (C=O) groups is 1. The minimum absolute atomic E-state index is 0.0739. The van der Waals surface area contributed by atoms with Crippen molar-refractivity contribution in [1.29, 1.82) is 0 Å². The van der Waals surface area contributed by atoms with Gasteiger partial charge in [-0.05, 0) is 24.6 Å². The van der Waals surface area contributed by atoms with Gasteiger partial charge < -0.3 is 10.5 Å². The molecule has 3 aromatic rings. The van der Waals surface area contributed by atoms with Crippen LogP contribution in [0.5, 0.6) is 0 Å². The molecule has 3 N–H and O–H groups in total. The first-order valence-corrected chi connectivity index (χ1v) is 11.2. The van der Waals surface area contributed by atoms with Crippen LogP contribution < -0.4 is 5.73 Å². The molecule has 0 saturated heterocycles. The number of primary amides is 1. The summed E-state index contributed by atoms with van der Waals surface area (Å²) in [4.78, 5) is 16.3. The molecule has 32 heavy (non-hydrogen) atoms. The lowest BCUT2D eigenvalue weighted by molar-refractivity contribution is -0.134. The van der Waals surface area contributed by atoms with Gasteiger partial charge in [-0.25, -0.2) is 9.78 Å². The topological polar surface area (TPSA) is 88.7 Å². The highest BCUT2D eigenvalue weighted by atomic mass is 32.1.